The van der Waals surface area contributed by atoms with Gasteiger partial charge in [-0.25, -0.2) is 8.42 Å². The SMILES string of the molecule is C[C@@H](CSc1n[nH]c(-c2ccccn2)n1)CS(C)(=O)=O. The van der Waals surface area contributed by atoms with Gasteiger partial charge in [0.05, 0.1) is 5.75 Å². The molecule has 20 heavy (non-hydrogen) atoms. The quantitative estimate of drug-likeness (QED) is 0.816. The fraction of sp³-hybridized carbons (Fsp3) is 0.417. The molecule has 108 valence electrons. The fourth-order valence-electron chi connectivity index (χ4n) is 1.71. The van der Waals surface area contributed by atoms with Gasteiger partial charge in [-0.15, -0.1) is 5.10 Å². The highest BCUT2D eigenvalue weighted by atomic mass is 32.2. The molecule has 1 atom stereocenters. The van der Waals surface area contributed by atoms with Crippen molar-refractivity contribution in [3.8, 4) is 11.5 Å². The molecule has 0 saturated carbocycles. The number of hydrogen-bond acceptors (Lipinski definition) is 6. The molecule has 0 aromatic carbocycles. The van der Waals surface area contributed by atoms with Crippen molar-refractivity contribution < 1.29 is 8.42 Å². The van der Waals surface area contributed by atoms with Crippen molar-refractivity contribution in [1.29, 1.82) is 0 Å². The number of pyridine rings is 1. The Hall–Kier alpha value is -1.41. The summed E-state index contributed by atoms with van der Waals surface area (Å²) >= 11 is 1.44. The fourth-order valence-corrected chi connectivity index (χ4v) is 3.83. The van der Waals surface area contributed by atoms with E-state index in [1.54, 1.807) is 6.20 Å². The maximum atomic E-state index is 11.2. The van der Waals surface area contributed by atoms with Gasteiger partial charge in [-0.3, -0.25) is 10.1 Å². The first kappa shape index (κ1) is 15.0. The Morgan fingerprint density at radius 2 is 2.20 bits per heavy atom. The molecule has 2 rings (SSSR count). The van der Waals surface area contributed by atoms with Crippen LogP contribution < -0.4 is 0 Å². The highest BCUT2D eigenvalue weighted by Crippen LogP contribution is 2.20. The molecular formula is C12H16N4O2S2. The average molecular weight is 312 g/mol. The predicted molar refractivity (Wildman–Crippen MR) is 79.2 cm³/mol. The third kappa shape index (κ3) is 4.61. The summed E-state index contributed by atoms with van der Waals surface area (Å²) in [7, 11) is -2.94. The summed E-state index contributed by atoms with van der Waals surface area (Å²) in [6, 6.07) is 5.56. The summed E-state index contributed by atoms with van der Waals surface area (Å²) in [6.45, 7) is 1.90. The van der Waals surface area contributed by atoms with Gasteiger partial charge in [0.1, 0.15) is 15.5 Å². The Balaban J connectivity index is 1.94. The Morgan fingerprint density at radius 1 is 1.40 bits per heavy atom. The Bertz CT molecular complexity index is 655. The van der Waals surface area contributed by atoms with E-state index in [0.29, 0.717) is 16.7 Å². The lowest BCUT2D eigenvalue weighted by atomic mass is 10.3. The van der Waals surface area contributed by atoms with E-state index in [0.717, 1.165) is 5.69 Å². The molecule has 6 nitrogen and oxygen atoms in total. The average Bonchev–Trinajstić information content (AvgIpc) is 2.84. The standard InChI is InChI=1S/C12H16N4O2S2/c1-9(8-20(2,17)18)7-19-12-14-11(15-16-12)10-5-3-4-6-13-10/h3-6,9H,7-8H2,1-2H3,(H,14,15,16)/t9-/m0/s1. The lowest BCUT2D eigenvalue weighted by Gasteiger charge is -2.07. The molecule has 0 unspecified atom stereocenters. The molecule has 1 N–H and O–H groups in total. The van der Waals surface area contributed by atoms with Crippen molar-refractivity contribution in [1.82, 2.24) is 20.2 Å². The normalized spacial score (nSPS) is 13.3. The minimum absolute atomic E-state index is 0.0619. The summed E-state index contributed by atoms with van der Waals surface area (Å²) in [5.41, 5.74) is 0.732. The van der Waals surface area contributed by atoms with Crippen LogP contribution in [0.2, 0.25) is 0 Å². The van der Waals surface area contributed by atoms with Crippen LogP contribution in [-0.4, -0.2) is 46.3 Å². The lowest BCUT2D eigenvalue weighted by Crippen LogP contribution is -2.13. The number of sulfone groups is 1. The highest BCUT2D eigenvalue weighted by molar-refractivity contribution is 7.99. The van der Waals surface area contributed by atoms with Gasteiger partial charge in [0.25, 0.3) is 0 Å². The van der Waals surface area contributed by atoms with E-state index in [1.165, 1.54) is 18.0 Å². The lowest BCUT2D eigenvalue weighted by molar-refractivity contribution is 0.589. The molecule has 2 aromatic rings. The minimum Gasteiger partial charge on any atom is -0.257 e. The molecule has 0 aliphatic heterocycles. The van der Waals surface area contributed by atoms with Crippen LogP contribution >= 0.6 is 11.8 Å². The molecule has 0 fully saturated rings. The first-order valence-electron chi connectivity index (χ1n) is 6.08. The van der Waals surface area contributed by atoms with Gasteiger partial charge in [0, 0.05) is 18.2 Å². The van der Waals surface area contributed by atoms with Crippen molar-refractivity contribution in [2.45, 2.75) is 12.1 Å². The van der Waals surface area contributed by atoms with Gasteiger partial charge in [0.2, 0.25) is 5.16 Å². The Morgan fingerprint density at radius 3 is 2.85 bits per heavy atom. The Labute approximate surface area is 122 Å². The molecule has 0 spiro atoms. The van der Waals surface area contributed by atoms with Crippen LogP contribution in [0.3, 0.4) is 0 Å². The van der Waals surface area contributed by atoms with Crippen molar-refractivity contribution in [2.24, 2.45) is 5.92 Å². The van der Waals surface area contributed by atoms with E-state index in [-0.39, 0.29) is 11.7 Å². The summed E-state index contributed by atoms with van der Waals surface area (Å²) in [4.78, 5) is 8.52. The van der Waals surface area contributed by atoms with E-state index in [9.17, 15) is 8.42 Å². The monoisotopic (exact) mass is 312 g/mol. The maximum absolute atomic E-state index is 11.2. The molecule has 0 aliphatic rings. The molecule has 0 bridgehead atoms. The smallest absolute Gasteiger partial charge is 0.208 e. The van der Waals surface area contributed by atoms with Crippen LogP contribution in [0.1, 0.15) is 6.92 Å². The van der Waals surface area contributed by atoms with Crippen molar-refractivity contribution in [2.75, 3.05) is 17.8 Å². The number of thioether (sulfide) groups is 1. The maximum Gasteiger partial charge on any atom is 0.208 e. The number of nitrogens with zero attached hydrogens (tertiary/aromatic N) is 3. The van der Waals surface area contributed by atoms with Gasteiger partial charge in [-0.1, -0.05) is 24.8 Å². The van der Waals surface area contributed by atoms with E-state index in [2.05, 4.69) is 20.2 Å². The number of nitrogens with one attached hydrogen (secondary N) is 1. The van der Waals surface area contributed by atoms with Crippen LogP contribution in [0.4, 0.5) is 0 Å². The molecular weight excluding hydrogens is 296 g/mol. The highest BCUT2D eigenvalue weighted by Gasteiger charge is 2.13. The van der Waals surface area contributed by atoms with Gasteiger partial charge >= 0.3 is 0 Å². The van der Waals surface area contributed by atoms with Crippen molar-refractivity contribution in [3.05, 3.63) is 24.4 Å². The molecule has 2 heterocycles. The van der Waals surface area contributed by atoms with Crippen LogP contribution in [0, 0.1) is 5.92 Å². The number of aromatic amines is 1. The van der Waals surface area contributed by atoms with Gasteiger partial charge < -0.3 is 0 Å². The second kappa shape index (κ2) is 6.36. The van der Waals surface area contributed by atoms with E-state index >= 15 is 0 Å². The summed E-state index contributed by atoms with van der Waals surface area (Å²) in [6.07, 6.45) is 2.94. The number of rotatable bonds is 6. The molecule has 2 aromatic heterocycles. The van der Waals surface area contributed by atoms with Crippen molar-refractivity contribution in [3.63, 3.8) is 0 Å². The first-order chi connectivity index (χ1) is 9.44. The predicted octanol–water partition coefficient (Wildman–Crippen LogP) is 1.64. The third-order valence-electron chi connectivity index (χ3n) is 2.46. The molecule has 0 amide bonds. The van der Waals surface area contributed by atoms with Gasteiger partial charge in [0.15, 0.2) is 5.82 Å². The summed E-state index contributed by atoms with van der Waals surface area (Å²) in [5.74, 6) is 1.51. The van der Waals surface area contributed by atoms with Crippen LogP contribution in [0.25, 0.3) is 11.5 Å². The largest absolute Gasteiger partial charge is 0.257 e. The first-order valence-corrected chi connectivity index (χ1v) is 9.13. The second-order valence-electron chi connectivity index (χ2n) is 4.69. The summed E-state index contributed by atoms with van der Waals surface area (Å²) in [5, 5.41) is 7.53. The zero-order valence-electron chi connectivity index (χ0n) is 11.3. The number of aromatic nitrogens is 4. The second-order valence-corrected chi connectivity index (χ2v) is 7.86. The summed E-state index contributed by atoms with van der Waals surface area (Å²) < 4.78 is 22.4. The molecule has 8 heteroatoms. The topological polar surface area (TPSA) is 88.6 Å². The van der Waals surface area contributed by atoms with Crippen LogP contribution in [0.15, 0.2) is 29.6 Å². The van der Waals surface area contributed by atoms with E-state index in [4.69, 9.17) is 0 Å². The molecule has 0 aliphatic carbocycles. The number of hydrogen-bond donors (Lipinski definition) is 1. The van der Waals surface area contributed by atoms with E-state index < -0.39 is 9.84 Å². The Kier molecular flexibility index (Phi) is 4.77. The van der Waals surface area contributed by atoms with Gasteiger partial charge in [-0.2, -0.15) is 4.98 Å². The van der Waals surface area contributed by atoms with Crippen molar-refractivity contribution >= 4 is 21.6 Å². The third-order valence-corrected chi connectivity index (χ3v) is 4.81. The van der Waals surface area contributed by atoms with Crippen LogP contribution in [-0.2, 0) is 9.84 Å². The van der Waals surface area contributed by atoms with E-state index in [1.807, 2.05) is 25.1 Å². The zero-order chi connectivity index (χ0) is 14.6. The minimum atomic E-state index is -2.94. The number of H-pyrrole nitrogens is 1. The molecule has 0 saturated heterocycles. The molecule has 0 radical (unpaired) electrons. The zero-order valence-corrected chi connectivity index (χ0v) is 12.9. The van der Waals surface area contributed by atoms with Gasteiger partial charge in [-0.05, 0) is 18.1 Å². The van der Waals surface area contributed by atoms with Crippen LogP contribution in [0.5, 0.6) is 0 Å².